The van der Waals surface area contributed by atoms with E-state index in [9.17, 15) is 9.90 Å². The van der Waals surface area contributed by atoms with Crippen molar-refractivity contribution in [2.75, 3.05) is 6.61 Å². The summed E-state index contributed by atoms with van der Waals surface area (Å²) in [5.41, 5.74) is 1.27. The van der Waals surface area contributed by atoms with Crippen LogP contribution in [0, 0.1) is 12.3 Å². The lowest BCUT2D eigenvalue weighted by Crippen LogP contribution is -2.45. The second-order valence-corrected chi connectivity index (χ2v) is 7.07. The number of benzene rings is 1. The van der Waals surface area contributed by atoms with Gasteiger partial charge in [0.15, 0.2) is 5.69 Å². The molecule has 3 rings (SSSR count). The lowest BCUT2D eigenvalue weighted by Gasteiger charge is -2.29. The first-order valence-corrected chi connectivity index (χ1v) is 8.42. The molecule has 2 atom stereocenters. The lowest BCUT2D eigenvalue weighted by atomic mass is 9.86. The van der Waals surface area contributed by atoms with Crippen LogP contribution in [0.1, 0.15) is 42.4 Å². The number of carbonyl (C=O) groups excluding carboxylic acids is 1. The predicted octanol–water partition coefficient (Wildman–Crippen LogP) is 2.51. The maximum atomic E-state index is 12.6. The van der Waals surface area contributed by atoms with Crippen molar-refractivity contribution in [3.05, 3.63) is 40.7 Å². The number of halogens is 1. The van der Waals surface area contributed by atoms with Crippen LogP contribution in [0.15, 0.2) is 24.3 Å². The average molecular weight is 349 g/mol. The highest BCUT2D eigenvalue weighted by Crippen LogP contribution is 2.37. The number of nitrogens with one attached hydrogen (secondary N) is 1. The molecule has 6 nitrogen and oxygen atoms in total. The fourth-order valence-electron chi connectivity index (χ4n) is 3.20. The summed E-state index contributed by atoms with van der Waals surface area (Å²) in [4.78, 5) is 14.0. The van der Waals surface area contributed by atoms with Gasteiger partial charge in [0.25, 0.3) is 5.91 Å². The summed E-state index contributed by atoms with van der Waals surface area (Å²) in [5, 5.41) is 21.8. The van der Waals surface area contributed by atoms with E-state index in [4.69, 9.17) is 11.6 Å². The molecule has 128 valence electrons. The summed E-state index contributed by atoms with van der Waals surface area (Å²) in [6.07, 6.45) is 2.77. The Morgan fingerprint density at radius 1 is 1.50 bits per heavy atom. The fraction of sp³-hybridized carbons (Fsp3) is 0.471. The zero-order valence-electron chi connectivity index (χ0n) is 13.8. The number of aryl methyl sites for hydroxylation is 1. The Balaban J connectivity index is 1.81. The van der Waals surface area contributed by atoms with Gasteiger partial charge in [0.2, 0.25) is 0 Å². The monoisotopic (exact) mass is 348 g/mol. The van der Waals surface area contributed by atoms with Gasteiger partial charge in [0.1, 0.15) is 0 Å². The van der Waals surface area contributed by atoms with Gasteiger partial charge in [-0.15, -0.1) is 5.10 Å². The molecule has 1 saturated carbocycles. The highest BCUT2D eigenvalue weighted by molar-refractivity contribution is 6.30. The topological polar surface area (TPSA) is 80.0 Å². The van der Waals surface area contributed by atoms with E-state index < -0.39 is 0 Å². The van der Waals surface area contributed by atoms with Crippen LogP contribution >= 0.6 is 11.6 Å². The van der Waals surface area contributed by atoms with E-state index in [0.717, 1.165) is 19.3 Å². The number of aromatic nitrogens is 3. The third-order valence-corrected chi connectivity index (χ3v) is 5.02. The van der Waals surface area contributed by atoms with Crippen LogP contribution in [0.3, 0.4) is 0 Å². The number of aliphatic hydroxyl groups is 1. The van der Waals surface area contributed by atoms with Gasteiger partial charge >= 0.3 is 0 Å². The molecule has 24 heavy (non-hydrogen) atoms. The van der Waals surface area contributed by atoms with Gasteiger partial charge < -0.3 is 10.4 Å². The zero-order valence-corrected chi connectivity index (χ0v) is 14.5. The molecular formula is C17H21ClN4O2. The SMILES string of the molecule is Cc1nn(-c2cccc(Cl)c2)nc1C(=O)NC1CCCC1(C)CO. The first-order valence-electron chi connectivity index (χ1n) is 8.04. The summed E-state index contributed by atoms with van der Waals surface area (Å²) < 4.78 is 0. The zero-order chi connectivity index (χ0) is 17.3. The molecule has 1 aromatic heterocycles. The summed E-state index contributed by atoms with van der Waals surface area (Å²) in [6.45, 7) is 3.82. The third kappa shape index (κ3) is 3.16. The molecule has 1 fully saturated rings. The molecule has 0 saturated heterocycles. The molecule has 2 N–H and O–H groups in total. The Bertz CT molecular complexity index is 761. The standard InChI is InChI=1S/C17H21ClN4O2/c1-11-15(16(24)19-14-7-4-8-17(14,2)10-23)21-22(20-11)13-6-3-5-12(18)9-13/h3,5-6,9,14,23H,4,7-8,10H2,1-2H3,(H,19,24). The Hall–Kier alpha value is -1.92. The Kier molecular flexibility index (Phi) is 4.60. The van der Waals surface area contributed by atoms with E-state index in [1.54, 1.807) is 25.1 Å². The van der Waals surface area contributed by atoms with Gasteiger partial charge in [-0.25, -0.2) is 0 Å². The molecular weight excluding hydrogens is 328 g/mol. The van der Waals surface area contributed by atoms with E-state index in [-0.39, 0.29) is 24.0 Å². The fourth-order valence-corrected chi connectivity index (χ4v) is 3.38. The van der Waals surface area contributed by atoms with E-state index in [2.05, 4.69) is 15.5 Å². The van der Waals surface area contributed by atoms with Crippen LogP contribution in [-0.4, -0.2) is 38.7 Å². The molecule has 0 radical (unpaired) electrons. The van der Waals surface area contributed by atoms with Crippen LogP contribution in [-0.2, 0) is 0 Å². The van der Waals surface area contributed by atoms with Crippen LogP contribution in [0.2, 0.25) is 5.02 Å². The highest BCUT2D eigenvalue weighted by atomic mass is 35.5. The smallest absolute Gasteiger partial charge is 0.274 e. The molecule has 1 heterocycles. The van der Waals surface area contributed by atoms with E-state index in [1.165, 1.54) is 4.80 Å². The number of hydrogen-bond acceptors (Lipinski definition) is 4. The number of aliphatic hydroxyl groups excluding tert-OH is 1. The van der Waals surface area contributed by atoms with Crippen molar-refractivity contribution in [1.29, 1.82) is 0 Å². The molecule has 7 heteroatoms. The number of nitrogens with zero attached hydrogens (tertiary/aromatic N) is 3. The van der Waals surface area contributed by atoms with Crippen molar-refractivity contribution in [1.82, 2.24) is 20.3 Å². The van der Waals surface area contributed by atoms with Crippen molar-refractivity contribution in [2.24, 2.45) is 5.41 Å². The summed E-state index contributed by atoms with van der Waals surface area (Å²) >= 11 is 5.99. The summed E-state index contributed by atoms with van der Waals surface area (Å²) in [7, 11) is 0. The minimum absolute atomic E-state index is 0.0503. The Labute approximate surface area is 145 Å². The van der Waals surface area contributed by atoms with Gasteiger partial charge in [0, 0.05) is 16.5 Å². The number of carbonyl (C=O) groups is 1. The van der Waals surface area contributed by atoms with Crippen LogP contribution < -0.4 is 5.32 Å². The van der Waals surface area contributed by atoms with Crippen LogP contribution in [0.25, 0.3) is 5.69 Å². The molecule has 0 bridgehead atoms. The van der Waals surface area contributed by atoms with E-state index in [1.807, 2.05) is 13.0 Å². The average Bonchev–Trinajstić information content (AvgIpc) is 3.12. The lowest BCUT2D eigenvalue weighted by molar-refractivity contribution is 0.0825. The Morgan fingerprint density at radius 2 is 2.29 bits per heavy atom. The maximum absolute atomic E-state index is 12.6. The molecule has 1 aliphatic rings. The van der Waals surface area contributed by atoms with E-state index in [0.29, 0.717) is 22.1 Å². The first-order chi connectivity index (χ1) is 11.4. The molecule has 1 aliphatic carbocycles. The molecule has 2 aromatic rings. The highest BCUT2D eigenvalue weighted by Gasteiger charge is 2.39. The van der Waals surface area contributed by atoms with Crippen molar-refractivity contribution in [3.63, 3.8) is 0 Å². The second-order valence-electron chi connectivity index (χ2n) is 6.63. The van der Waals surface area contributed by atoms with Crippen molar-refractivity contribution >= 4 is 17.5 Å². The minimum Gasteiger partial charge on any atom is -0.396 e. The quantitative estimate of drug-likeness (QED) is 0.889. The largest absolute Gasteiger partial charge is 0.396 e. The number of amides is 1. The van der Waals surface area contributed by atoms with Crippen molar-refractivity contribution < 1.29 is 9.90 Å². The summed E-state index contributed by atoms with van der Waals surface area (Å²) in [5.74, 6) is -0.257. The van der Waals surface area contributed by atoms with E-state index >= 15 is 0 Å². The van der Waals surface area contributed by atoms with Crippen LogP contribution in [0.5, 0.6) is 0 Å². The number of hydrogen-bond donors (Lipinski definition) is 2. The minimum atomic E-state index is -0.271. The molecule has 1 amide bonds. The molecule has 1 aromatic carbocycles. The summed E-state index contributed by atoms with van der Waals surface area (Å²) in [6, 6.07) is 7.09. The van der Waals surface area contributed by atoms with Gasteiger partial charge in [-0.3, -0.25) is 4.79 Å². The molecule has 0 spiro atoms. The molecule has 2 unspecified atom stereocenters. The molecule has 0 aliphatic heterocycles. The van der Waals surface area contributed by atoms with Gasteiger partial charge in [-0.2, -0.15) is 9.90 Å². The van der Waals surface area contributed by atoms with Crippen molar-refractivity contribution in [2.45, 2.75) is 39.2 Å². The first kappa shape index (κ1) is 16.9. The maximum Gasteiger partial charge on any atom is 0.274 e. The van der Waals surface area contributed by atoms with Gasteiger partial charge in [-0.1, -0.05) is 31.0 Å². The third-order valence-electron chi connectivity index (χ3n) is 4.78. The second kappa shape index (κ2) is 6.53. The number of rotatable bonds is 4. The normalized spacial score (nSPS) is 23.4. The Morgan fingerprint density at radius 3 is 3.00 bits per heavy atom. The van der Waals surface area contributed by atoms with Gasteiger partial charge in [0.05, 0.1) is 18.0 Å². The predicted molar refractivity (Wildman–Crippen MR) is 91.4 cm³/mol. The van der Waals surface area contributed by atoms with Crippen molar-refractivity contribution in [3.8, 4) is 5.69 Å². The van der Waals surface area contributed by atoms with Gasteiger partial charge in [-0.05, 0) is 38.0 Å². The van der Waals surface area contributed by atoms with Crippen LogP contribution in [0.4, 0.5) is 0 Å².